The number of carbonyl (C=O) groups is 3. The number of nitrogens with zero attached hydrogens (tertiary/aromatic N) is 2. The number of rotatable bonds is 5. The minimum absolute atomic E-state index is 0.000842. The van der Waals surface area contributed by atoms with Gasteiger partial charge in [-0.15, -0.1) is 0 Å². The average molecular weight is 429 g/mol. The van der Waals surface area contributed by atoms with Crippen molar-refractivity contribution in [1.29, 1.82) is 0 Å². The van der Waals surface area contributed by atoms with Crippen LogP contribution in [0.2, 0.25) is 0 Å². The van der Waals surface area contributed by atoms with E-state index in [1.54, 1.807) is 24.3 Å². The molecule has 3 heterocycles. The van der Waals surface area contributed by atoms with Crippen LogP contribution >= 0.6 is 0 Å². The molecule has 2 aliphatic heterocycles. The first-order chi connectivity index (χ1) is 14.9. The van der Waals surface area contributed by atoms with Gasteiger partial charge < -0.3 is 24.8 Å². The normalized spacial score (nSPS) is 19.5. The first kappa shape index (κ1) is 20.9. The maximum absolute atomic E-state index is 14.5. The molecule has 0 radical (unpaired) electrons. The lowest BCUT2D eigenvalue weighted by molar-refractivity contribution is -0.152. The summed E-state index contributed by atoms with van der Waals surface area (Å²) >= 11 is 0. The van der Waals surface area contributed by atoms with Gasteiger partial charge in [-0.2, -0.15) is 0 Å². The van der Waals surface area contributed by atoms with Gasteiger partial charge in [-0.05, 0) is 11.6 Å². The molecule has 2 aliphatic rings. The molecule has 2 saturated heterocycles. The third-order valence-corrected chi connectivity index (χ3v) is 5.27. The molecule has 9 nitrogen and oxygen atoms in total. The number of nitrogens with one attached hydrogen (secondary N) is 1. The molecule has 2 fully saturated rings. The van der Waals surface area contributed by atoms with Crippen molar-refractivity contribution >= 4 is 17.8 Å². The number of carbonyl (C=O) groups excluding carboxylic acids is 2. The molecule has 2 N–H and O–H groups in total. The molecular weight excluding hydrogens is 409 g/mol. The Kier molecular flexibility index (Phi) is 5.66. The molecule has 1 aromatic heterocycles. The van der Waals surface area contributed by atoms with Crippen molar-refractivity contribution in [3.8, 4) is 11.1 Å². The van der Waals surface area contributed by atoms with E-state index in [2.05, 4.69) is 10.3 Å². The van der Waals surface area contributed by atoms with E-state index in [1.807, 2.05) is 6.07 Å². The topological polar surface area (TPSA) is 118 Å². The maximum Gasteiger partial charge on any atom is 0.326 e. The zero-order chi connectivity index (χ0) is 22.0. The van der Waals surface area contributed by atoms with Crippen LogP contribution in [0.5, 0.6) is 0 Å². The second-order valence-electron chi connectivity index (χ2n) is 7.29. The molecular formula is C21H20FN3O6. The minimum Gasteiger partial charge on any atom is -0.480 e. The Hall–Kier alpha value is -3.37. The first-order valence-electron chi connectivity index (χ1n) is 9.68. The fourth-order valence-electron chi connectivity index (χ4n) is 3.76. The van der Waals surface area contributed by atoms with Crippen LogP contribution in [-0.2, 0) is 19.1 Å². The Morgan fingerprint density at radius 1 is 1.19 bits per heavy atom. The summed E-state index contributed by atoms with van der Waals surface area (Å²) in [4.78, 5) is 41.5. The molecule has 1 aromatic carbocycles. The molecule has 4 rings (SSSR count). The van der Waals surface area contributed by atoms with Crippen LogP contribution in [0.1, 0.15) is 16.9 Å². The number of ether oxygens (including phenoxy) is 2. The van der Waals surface area contributed by atoms with Crippen LogP contribution in [0.25, 0.3) is 11.1 Å². The molecule has 1 atom stereocenters. The highest BCUT2D eigenvalue weighted by Crippen LogP contribution is 2.34. The number of carboxylic acids is 1. The third-order valence-electron chi connectivity index (χ3n) is 5.27. The molecule has 1 spiro atoms. The molecule has 0 bridgehead atoms. The quantitative estimate of drug-likeness (QED) is 0.729. The molecule has 2 amide bonds. The van der Waals surface area contributed by atoms with Gasteiger partial charge in [0, 0.05) is 18.2 Å². The molecule has 0 unspecified atom stereocenters. The van der Waals surface area contributed by atoms with E-state index in [0.717, 1.165) is 10.5 Å². The Balaban J connectivity index is 1.41. The second kappa shape index (κ2) is 8.40. The van der Waals surface area contributed by atoms with Gasteiger partial charge in [-0.3, -0.25) is 9.59 Å². The predicted octanol–water partition coefficient (Wildman–Crippen LogP) is 1.05. The summed E-state index contributed by atoms with van der Waals surface area (Å²) < 4.78 is 25.4. The van der Waals surface area contributed by atoms with Gasteiger partial charge in [0.15, 0.2) is 17.3 Å². The minimum atomic E-state index is -1.19. The van der Waals surface area contributed by atoms with E-state index in [9.17, 15) is 23.9 Å². The largest absolute Gasteiger partial charge is 0.480 e. The van der Waals surface area contributed by atoms with Crippen molar-refractivity contribution in [3.63, 3.8) is 0 Å². The number of aromatic nitrogens is 1. The summed E-state index contributed by atoms with van der Waals surface area (Å²) in [6.45, 7) is 0.0569. The standard InChI is InChI=1S/C21H20FN3O6/c22-15-8-14(13-4-2-1-3-5-13)10-23-18(15)19(27)24-11-17(26)25-12-21(30-6-7-31-21)9-16(25)20(28)29/h1-5,8,10,16H,6-7,9,11-12H2,(H,24,27)(H,28,29)/t16-/m0/s1. The average Bonchev–Trinajstić information content (AvgIpc) is 3.39. The van der Waals surface area contributed by atoms with Crippen molar-refractivity contribution in [1.82, 2.24) is 15.2 Å². The fourth-order valence-corrected chi connectivity index (χ4v) is 3.76. The van der Waals surface area contributed by atoms with Crippen molar-refractivity contribution in [2.45, 2.75) is 18.2 Å². The number of pyridine rings is 1. The summed E-state index contributed by atoms with van der Waals surface area (Å²) in [6, 6.07) is 9.06. The Labute approximate surface area is 176 Å². The van der Waals surface area contributed by atoms with Crippen molar-refractivity contribution in [2.24, 2.45) is 0 Å². The zero-order valence-electron chi connectivity index (χ0n) is 16.4. The van der Waals surface area contributed by atoms with E-state index in [1.165, 1.54) is 12.3 Å². The van der Waals surface area contributed by atoms with Gasteiger partial charge >= 0.3 is 5.97 Å². The highest BCUT2D eigenvalue weighted by molar-refractivity contribution is 5.96. The number of carboxylic acid groups (broad SMARTS) is 1. The Morgan fingerprint density at radius 3 is 2.55 bits per heavy atom. The summed E-state index contributed by atoms with van der Waals surface area (Å²) in [6.07, 6.45) is 1.37. The SMILES string of the molecule is O=C(NCC(=O)N1CC2(C[C@H]1C(=O)O)OCCO2)c1ncc(-c2ccccc2)cc1F. The molecule has 2 aromatic rings. The van der Waals surface area contributed by atoms with E-state index < -0.39 is 47.7 Å². The predicted molar refractivity (Wildman–Crippen MR) is 104 cm³/mol. The smallest absolute Gasteiger partial charge is 0.326 e. The van der Waals surface area contributed by atoms with E-state index in [0.29, 0.717) is 18.8 Å². The summed E-state index contributed by atoms with van der Waals surface area (Å²) in [5.41, 5.74) is 0.798. The third kappa shape index (κ3) is 4.25. The fraction of sp³-hybridized carbons (Fsp3) is 0.333. The molecule has 0 saturated carbocycles. The van der Waals surface area contributed by atoms with Crippen molar-refractivity contribution in [2.75, 3.05) is 26.3 Å². The van der Waals surface area contributed by atoms with Crippen LogP contribution in [0.15, 0.2) is 42.6 Å². The van der Waals surface area contributed by atoms with E-state index in [-0.39, 0.29) is 13.0 Å². The zero-order valence-corrected chi connectivity index (χ0v) is 16.4. The highest BCUT2D eigenvalue weighted by Gasteiger charge is 2.52. The Bertz CT molecular complexity index is 1010. The highest BCUT2D eigenvalue weighted by atomic mass is 19.1. The van der Waals surface area contributed by atoms with Gasteiger partial charge in [-0.25, -0.2) is 14.2 Å². The van der Waals surface area contributed by atoms with E-state index >= 15 is 0 Å². The van der Waals surface area contributed by atoms with Crippen molar-refractivity contribution in [3.05, 3.63) is 54.1 Å². The summed E-state index contributed by atoms with van der Waals surface area (Å²) in [7, 11) is 0. The number of hydrogen-bond acceptors (Lipinski definition) is 6. The van der Waals surface area contributed by atoms with Gasteiger partial charge in [0.05, 0.1) is 26.3 Å². The number of likely N-dealkylation sites (tertiary alicyclic amines) is 1. The molecule has 162 valence electrons. The monoisotopic (exact) mass is 429 g/mol. The Morgan fingerprint density at radius 2 is 1.90 bits per heavy atom. The molecule has 31 heavy (non-hydrogen) atoms. The van der Waals surface area contributed by atoms with Gasteiger partial charge in [0.25, 0.3) is 5.91 Å². The summed E-state index contributed by atoms with van der Waals surface area (Å²) in [5, 5.41) is 11.7. The van der Waals surface area contributed by atoms with Crippen LogP contribution in [0.4, 0.5) is 4.39 Å². The van der Waals surface area contributed by atoms with Gasteiger partial charge in [0.2, 0.25) is 5.91 Å². The first-order valence-corrected chi connectivity index (χ1v) is 9.68. The van der Waals surface area contributed by atoms with Crippen LogP contribution in [0, 0.1) is 5.82 Å². The number of amides is 2. The lowest BCUT2D eigenvalue weighted by Crippen LogP contribution is -2.46. The molecule has 0 aliphatic carbocycles. The van der Waals surface area contributed by atoms with Crippen LogP contribution in [-0.4, -0.2) is 70.9 Å². The van der Waals surface area contributed by atoms with E-state index in [4.69, 9.17) is 9.47 Å². The van der Waals surface area contributed by atoms with Crippen LogP contribution in [0.3, 0.4) is 0 Å². The lowest BCUT2D eigenvalue weighted by Gasteiger charge is -2.23. The lowest BCUT2D eigenvalue weighted by atomic mass is 10.1. The molecule has 10 heteroatoms. The summed E-state index contributed by atoms with van der Waals surface area (Å²) in [5.74, 6) is -4.68. The number of aliphatic carboxylic acids is 1. The number of halogens is 1. The second-order valence-corrected chi connectivity index (χ2v) is 7.29. The van der Waals surface area contributed by atoms with Gasteiger partial charge in [0.1, 0.15) is 6.04 Å². The number of benzene rings is 1. The van der Waals surface area contributed by atoms with Crippen LogP contribution < -0.4 is 5.32 Å². The number of hydrogen-bond donors (Lipinski definition) is 2. The van der Waals surface area contributed by atoms with Crippen molar-refractivity contribution < 1.29 is 33.4 Å². The van der Waals surface area contributed by atoms with Gasteiger partial charge in [-0.1, -0.05) is 30.3 Å². The maximum atomic E-state index is 14.5.